The molecule has 1 aromatic carbocycles. The second-order valence-corrected chi connectivity index (χ2v) is 3.51. The van der Waals surface area contributed by atoms with Gasteiger partial charge in [-0.1, -0.05) is 45.4 Å². The van der Waals surface area contributed by atoms with Crippen LogP contribution in [0, 0.1) is 0 Å². The van der Waals surface area contributed by atoms with E-state index >= 15 is 0 Å². The van der Waals surface area contributed by atoms with Crippen molar-refractivity contribution in [2.75, 3.05) is 0 Å². The fourth-order valence-electron chi connectivity index (χ4n) is 1.98. The van der Waals surface area contributed by atoms with Gasteiger partial charge in [0.1, 0.15) is 0 Å². The zero-order chi connectivity index (χ0) is 9.68. The minimum absolute atomic E-state index is 1.17. The van der Waals surface area contributed by atoms with Gasteiger partial charge in [-0.2, -0.15) is 0 Å². The van der Waals surface area contributed by atoms with Crippen molar-refractivity contribution in [1.29, 1.82) is 0 Å². The van der Waals surface area contributed by atoms with Crippen molar-refractivity contribution in [1.82, 2.24) is 0 Å². The molecule has 0 saturated carbocycles. The molecule has 0 unspecified atom stereocenters. The molecule has 0 N–H and O–H groups in total. The Morgan fingerprint density at radius 1 is 0.923 bits per heavy atom. The number of hydrogen-bond donors (Lipinski definition) is 0. The summed E-state index contributed by atoms with van der Waals surface area (Å²) in [4.78, 5) is 0. The van der Waals surface area contributed by atoms with Crippen LogP contribution in [0.3, 0.4) is 0 Å². The van der Waals surface area contributed by atoms with Gasteiger partial charge >= 0.3 is 0 Å². The summed E-state index contributed by atoms with van der Waals surface area (Å²) < 4.78 is 0. The predicted octanol–water partition coefficient (Wildman–Crippen LogP) is 3.76. The van der Waals surface area contributed by atoms with Gasteiger partial charge in [0.05, 0.1) is 0 Å². The summed E-state index contributed by atoms with van der Waals surface area (Å²) in [6, 6.07) is 6.74. The second kappa shape index (κ2) is 5.06. The first-order valence-electron chi connectivity index (χ1n) is 5.43. The van der Waals surface area contributed by atoms with Crippen molar-refractivity contribution in [2.24, 2.45) is 0 Å². The van der Waals surface area contributed by atoms with Gasteiger partial charge in [-0.25, -0.2) is 0 Å². The fraction of sp³-hybridized carbons (Fsp3) is 0.538. The van der Waals surface area contributed by atoms with E-state index in [1.54, 1.807) is 11.1 Å². The third-order valence-electron chi connectivity index (χ3n) is 2.62. The summed E-state index contributed by atoms with van der Waals surface area (Å²) in [6.45, 7) is 6.75. The minimum atomic E-state index is 1.17. The molecule has 0 aliphatic rings. The molecule has 0 amide bonds. The Morgan fingerprint density at radius 2 is 1.62 bits per heavy atom. The molecule has 0 radical (unpaired) electrons. The summed E-state index contributed by atoms with van der Waals surface area (Å²) in [5.41, 5.74) is 4.68. The molecule has 0 saturated heterocycles. The van der Waals surface area contributed by atoms with Gasteiger partial charge in [0.25, 0.3) is 0 Å². The quantitative estimate of drug-likeness (QED) is 0.655. The first-order valence-corrected chi connectivity index (χ1v) is 5.43. The monoisotopic (exact) mass is 176 g/mol. The van der Waals surface area contributed by atoms with E-state index in [9.17, 15) is 0 Å². The van der Waals surface area contributed by atoms with Crippen molar-refractivity contribution < 1.29 is 0 Å². The fourth-order valence-corrected chi connectivity index (χ4v) is 1.98. The molecule has 1 aromatic rings. The van der Waals surface area contributed by atoms with Crippen LogP contribution in [0.4, 0.5) is 0 Å². The lowest BCUT2D eigenvalue weighted by atomic mass is 9.95. The van der Waals surface area contributed by atoms with Crippen LogP contribution < -0.4 is 0 Å². The smallest absolute Gasteiger partial charge is 0.0279 e. The summed E-state index contributed by atoms with van der Waals surface area (Å²) in [5.74, 6) is 0. The molecular weight excluding hydrogens is 156 g/mol. The number of aryl methyl sites for hydroxylation is 2. The van der Waals surface area contributed by atoms with Crippen LogP contribution in [-0.4, -0.2) is 0 Å². The molecule has 0 fully saturated rings. The van der Waals surface area contributed by atoms with Gasteiger partial charge in [-0.3, -0.25) is 0 Å². The molecule has 0 aliphatic carbocycles. The average Bonchev–Trinajstić information content (AvgIpc) is 2.18. The van der Waals surface area contributed by atoms with E-state index in [2.05, 4.69) is 39.0 Å². The average molecular weight is 176 g/mol. The molecule has 0 aliphatic heterocycles. The summed E-state index contributed by atoms with van der Waals surface area (Å²) in [5, 5.41) is 0. The molecule has 72 valence electrons. The van der Waals surface area contributed by atoms with Gasteiger partial charge in [0, 0.05) is 0 Å². The van der Waals surface area contributed by atoms with Crippen LogP contribution >= 0.6 is 0 Å². The highest BCUT2D eigenvalue weighted by atomic mass is 14.1. The Morgan fingerprint density at radius 3 is 2.15 bits per heavy atom. The van der Waals surface area contributed by atoms with Crippen LogP contribution in [-0.2, 0) is 19.3 Å². The number of hydrogen-bond acceptors (Lipinski definition) is 0. The van der Waals surface area contributed by atoms with Crippen molar-refractivity contribution in [2.45, 2.75) is 46.5 Å². The van der Waals surface area contributed by atoms with E-state index in [1.165, 1.54) is 31.2 Å². The van der Waals surface area contributed by atoms with Gasteiger partial charge in [-0.05, 0) is 36.0 Å². The summed E-state index contributed by atoms with van der Waals surface area (Å²) in [7, 11) is 0. The molecule has 0 heteroatoms. The van der Waals surface area contributed by atoms with E-state index in [1.807, 2.05) is 0 Å². The molecule has 0 spiro atoms. The Bertz CT molecular complexity index is 261. The highest BCUT2D eigenvalue weighted by Crippen LogP contribution is 2.17. The van der Waals surface area contributed by atoms with Crippen molar-refractivity contribution in [3.63, 3.8) is 0 Å². The van der Waals surface area contributed by atoms with E-state index in [4.69, 9.17) is 0 Å². The van der Waals surface area contributed by atoms with Gasteiger partial charge in [0.2, 0.25) is 0 Å². The summed E-state index contributed by atoms with van der Waals surface area (Å²) in [6.07, 6.45) is 4.83. The topological polar surface area (TPSA) is 0 Å². The maximum Gasteiger partial charge on any atom is -0.0279 e. The van der Waals surface area contributed by atoms with E-state index < -0.39 is 0 Å². The Hall–Kier alpha value is -0.780. The molecule has 0 bridgehead atoms. The van der Waals surface area contributed by atoms with Crippen LogP contribution in [0.15, 0.2) is 18.2 Å². The number of rotatable bonds is 4. The largest absolute Gasteiger partial charge is 0.0651 e. The standard InChI is InChI=1S/C13H20/c1-4-8-12-10-7-9-11(5-2)13(12)6-3/h7,9-10H,4-6,8H2,1-3H3. The lowest BCUT2D eigenvalue weighted by molar-refractivity contribution is 0.887. The van der Waals surface area contributed by atoms with E-state index in [-0.39, 0.29) is 0 Å². The predicted molar refractivity (Wildman–Crippen MR) is 59.2 cm³/mol. The molecule has 0 heterocycles. The first kappa shape index (κ1) is 10.3. The van der Waals surface area contributed by atoms with E-state index in [0.717, 1.165) is 0 Å². The Labute approximate surface area is 82.0 Å². The van der Waals surface area contributed by atoms with Gasteiger partial charge in [-0.15, -0.1) is 0 Å². The maximum absolute atomic E-state index is 2.28. The molecule has 13 heavy (non-hydrogen) atoms. The molecule has 0 nitrogen and oxygen atoms in total. The second-order valence-electron chi connectivity index (χ2n) is 3.51. The Kier molecular flexibility index (Phi) is 4.01. The number of benzene rings is 1. The summed E-state index contributed by atoms with van der Waals surface area (Å²) >= 11 is 0. The van der Waals surface area contributed by atoms with Crippen LogP contribution in [0.2, 0.25) is 0 Å². The van der Waals surface area contributed by atoms with Crippen LogP contribution in [0.5, 0.6) is 0 Å². The maximum atomic E-state index is 2.28. The Balaban J connectivity index is 3.03. The lowest BCUT2D eigenvalue weighted by Gasteiger charge is -2.11. The highest BCUT2D eigenvalue weighted by molar-refractivity contribution is 5.35. The molecule has 0 aromatic heterocycles. The minimum Gasteiger partial charge on any atom is -0.0651 e. The van der Waals surface area contributed by atoms with Crippen molar-refractivity contribution in [3.05, 3.63) is 34.9 Å². The molecule has 0 atom stereocenters. The lowest BCUT2D eigenvalue weighted by Crippen LogP contribution is -1.97. The zero-order valence-electron chi connectivity index (χ0n) is 9.06. The SMILES string of the molecule is CCCc1cccc(CC)c1CC. The van der Waals surface area contributed by atoms with Gasteiger partial charge in [0.15, 0.2) is 0 Å². The highest BCUT2D eigenvalue weighted by Gasteiger charge is 2.03. The third-order valence-corrected chi connectivity index (χ3v) is 2.62. The van der Waals surface area contributed by atoms with Gasteiger partial charge < -0.3 is 0 Å². The van der Waals surface area contributed by atoms with E-state index in [0.29, 0.717) is 0 Å². The van der Waals surface area contributed by atoms with Crippen molar-refractivity contribution in [3.8, 4) is 0 Å². The van der Waals surface area contributed by atoms with Crippen molar-refractivity contribution >= 4 is 0 Å². The van der Waals surface area contributed by atoms with Crippen LogP contribution in [0.1, 0.15) is 43.9 Å². The zero-order valence-corrected chi connectivity index (χ0v) is 9.06. The first-order chi connectivity index (χ1) is 6.33. The normalized spacial score (nSPS) is 10.4. The molecular formula is C13H20. The molecule has 1 rings (SSSR count). The van der Waals surface area contributed by atoms with Crippen LogP contribution in [0.25, 0.3) is 0 Å². The third kappa shape index (κ3) is 2.33.